The Balaban J connectivity index is 2.23. The van der Waals surface area contributed by atoms with E-state index < -0.39 is 21.9 Å². The normalized spacial score (nSPS) is 21.8. The molecule has 1 heterocycles. The Labute approximate surface area is 160 Å². The van der Waals surface area contributed by atoms with Crippen LogP contribution in [0.1, 0.15) is 18.9 Å². The molecule has 7 heteroatoms. The topological polar surface area (TPSA) is 66.8 Å². The number of hydrogen-bond acceptors (Lipinski definition) is 4. The van der Waals surface area contributed by atoms with Crippen molar-refractivity contribution < 1.29 is 22.7 Å². The van der Waals surface area contributed by atoms with E-state index in [0.29, 0.717) is 18.5 Å². The first-order valence-electron chi connectivity index (χ1n) is 8.73. The van der Waals surface area contributed by atoms with Crippen LogP contribution in [0.15, 0.2) is 54.7 Å². The number of sulfonamides is 1. The van der Waals surface area contributed by atoms with Gasteiger partial charge in [0.05, 0.1) is 19.4 Å². The molecule has 1 saturated heterocycles. The molecule has 2 rings (SSSR count). The minimum atomic E-state index is -3.43. The molecule has 0 aromatic heterocycles. The number of aliphatic hydroxyl groups excluding tert-OH is 1. The molecule has 0 unspecified atom stereocenters. The number of halogens is 1. The van der Waals surface area contributed by atoms with E-state index in [1.165, 1.54) is 22.5 Å². The van der Waals surface area contributed by atoms with E-state index in [1.54, 1.807) is 0 Å². The van der Waals surface area contributed by atoms with Crippen LogP contribution >= 0.6 is 0 Å². The molecule has 1 fully saturated rings. The van der Waals surface area contributed by atoms with E-state index >= 15 is 0 Å². The smallest absolute Gasteiger partial charge is 0.211 e. The third-order valence-corrected chi connectivity index (χ3v) is 5.69. The molecule has 0 bridgehead atoms. The van der Waals surface area contributed by atoms with Gasteiger partial charge in [-0.15, -0.1) is 0 Å². The van der Waals surface area contributed by atoms with Crippen LogP contribution in [0.5, 0.6) is 5.75 Å². The fourth-order valence-electron chi connectivity index (χ4n) is 2.98. The van der Waals surface area contributed by atoms with Gasteiger partial charge in [0.2, 0.25) is 10.0 Å². The van der Waals surface area contributed by atoms with Gasteiger partial charge in [-0.05, 0) is 31.0 Å². The summed E-state index contributed by atoms with van der Waals surface area (Å²) in [5, 5.41) is 9.23. The lowest BCUT2D eigenvalue weighted by atomic mass is 9.90. The average Bonchev–Trinajstić information content (AvgIpc) is 2.62. The van der Waals surface area contributed by atoms with E-state index in [9.17, 15) is 17.9 Å². The molecule has 1 N–H and O–H groups in total. The Bertz CT molecular complexity index is 832. The summed E-state index contributed by atoms with van der Waals surface area (Å²) in [4.78, 5) is 0. The lowest BCUT2D eigenvalue weighted by Gasteiger charge is -2.36. The second kappa shape index (κ2) is 9.30. The quantitative estimate of drug-likeness (QED) is 0.721. The van der Waals surface area contributed by atoms with Gasteiger partial charge in [-0.1, -0.05) is 42.5 Å². The number of piperidine rings is 1. The van der Waals surface area contributed by atoms with Crippen molar-refractivity contribution in [2.24, 2.45) is 5.92 Å². The molecule has 1 aromatic rings. The monoisotopic (exact) mass is 395 g/mol. The minimum Gasteiger partial charge on any atom is -0.486 e. The van der Waals surface area contributed by atoms with Crippen molar-refractivity contribution in [1.82, 2.24) is 4.31 Å². The predicted molar refractivity (Wildman–Crippen MR) is 104 cm³/mol. The Morgan fingerprint density at radius 1 is 1.41 bits per heavy atom. The largest absolute Gasteiger partial charge is 0.486 e. The third kappa shape index (κ3) is 6.02. The summed E-state index contributed by atoms with van der Waals surface area (Å²) in [5.41, 5.74) is 1.32. The predicted octanol–water partition coefficient (Wildman–Crippen LogP) is 3.04. The number of nitrogens with zero attached hydrogens (tertiary/aromatic N) is 1. The molecule has 0 aliphatic carbocycles. The molecule has 27 heavy (non-hydrogen) atoms. The molecular formula is C20H26FNO4S. The van der Waals surface area contributed by atoms with E-state index in [2.05, 4.69) is 6.58 Å². The summed E-state index contributed by atoms with van der Waals surface area (Å²) in [6.07, 6.45) is 8.60. The van der Waals surface area contributed by atoms with Crippen molar-refractivity contribution in [2.45, 2.75) is 26.1 Å². The zero-order chi connectivity index (χ0) is 20.0. The van der Waals surface area contributed by atoms with Gasteiger partial charge >= 0.3 is 0 Å². The maximum Gasteiger partial charge on any atom is 0.211 e. The summed E-state index contributed by atoms with van der Waals surface area (Å²) in [6.45, 7) is 6.18. The van der Waals surface area contributed by atoms with Crippen LogP contribution in [0.3, 0.4) is 0 Å². The number of rotatable bonds is 7. The lowest BCUT2D eigenvalue weighted by molar-refractivity contribution is 0.104. The van der Waals surface area contributed by atoms with Crippen LogP contribution in [0.2, 0.25) is 0 Å². The molecule has 0 saturated carbocycles. The van der Waals surface area contributed by atoms with Gasteiger partial charge in [-0.2, -0.15) is 4.31 Å². The highest BCUT2D eigenvalue weighted by atomic mass is 32.2. The number of allylic oxidation sites excluding steroid dienone is 4. The highest BCUT2D eigenvalue weighted by Gasteiger charge is 2.34. The molecule has 5 nitrogen and oxygen atoms in total. The molecule has 1 aliphatic rings. The SMILES string of the molecule is C=C(/C=C\C=C/C)[C@H]1C[C@@H](Oc2cc(CO)ccc2F)CN(S(C)(=O)=O)C1. The Kier molecular flexibility index (Phi) is 7.35. The van der Waals surface area contributed by atoms with Gasteiger partial charge in [-0.3, -0.25) is 0 Å². The number of aliphatic hydroxyl groups is 1. The van der Waals surface area contributed by atoms with E-state index in [1.807, 2.05) is 31.2 Å². The summed E-state index contributed by atoms with van der Waals surface area (Å²) >= 11 is 0. The number of hydrogen-bond donors (Lipinski definition) is 1. The summed E-state index contributed by atoms with van der Waals surface area (Å²) in [6, 6.07) is 4.14. The zero-order valence-electron chi connectivity index (χ0n) is 15.6. The highest BCUT2D eigenvalue weighted by Crippen LogP contribution is 2.29. The van der Waals surface area contributed by atoms with Crippen LogP contribution < -0.4 is 4.74 Å². The summed E-state index contributed by atoms with van der Waals surface area (Å²) < 4.78 is 45.4. The van der Waals surface area contributed by atoms with Crippen molar-refractivity contribution in [1.29, 1.82) is 0 Å². The highest BCUT2D eigenvalue weighted by molar-refractivity contribution is 7.88. The Morgan fingerprint density at radius 2 is 2.15 bits per heavy atom. The molecule has 1 aromatic carbocycles. The molecule has 2 atom stereocenters. The zero-order valence-corrected chi connectivity index (χ0v) is 16.5. The van der Waals surface area contributed by atoms with Crippen LogP contribution in [0.25, 0.3) is 0 Å². The molecule has 0 spiro atoms. The van der Waals surface area contributed by atoms with Gasteiger partial charge in [0.15, 0.2) is 11.6 Å². The van der Waals surface area contributed by atoms with Crippen molar-refractivity contribution >= 4 is 10.0 Å². The van der Waals surface area contributed by atoms with Gasteiger partial charge < -0.3 is 9.84 Å². The van der Waals surface area contributed by atoms with Gasteiger partial charge in [-0.25, -0.2) is 12.8 Å². The van der Waals surface area contributed by atoms with Crippen molar-refractivity contribution in [2.75, 3.05) is 19.3 Å². The van der Waals surface area contributed by atoms with Gasteiger partial charge in [0.1, 0.15) is 6.10 Å². The maximum atomic E-state index is 14.1. The van der Waals surface area contributed by atoms with Crippen LogP contribution in [0.4, 0.5) is 4.39 Å². The van der Waals surface area contributed by atoms with Crippen molar-refractivity contribution in [3.05, 3.63) is 66.0 Å². The standard InChI is InChI=1S/C20H26FNO4S/c1-4-5-6-7-15(2)17-11-18(13-22(12-17)27(3,24)25)26-20-10-16(14-23)8-9-19(20)21/h4-10,17-18,23H,2,11-14H2,1,3H3/b5-4-,7-6-/t17-,18+/m0/s1. The minimum absolute atomic E-state index is 0.00993. The molecule has 0 radical (unpaired) electrons. The fraction of sp³-hybridized carbons (Fsp3) is 0.400. The second-order valence-corrected chi connectivity index (χ2v) is 8.62. The lowest BCUT2D eigenvalue weighted by Crippen LogP contribution is -2.48. The van der Waals surface area contributed by atoms with E-state index in [-0.39, 0.29) is 24.8 Å². The second-order valence-electron chi connectivity index (χ2n) is 6.64. The first-order valence-corrected chi connectivity index (χ1v) is 10.6. The summed E-state index contributed by atoms with van der Waals surface area (Å²) in [5.74, 6) is -0.674. The molecule has 0 amide bonds. The number of ether oxygens (including phenoxy) is 1. The van der Waals surface area contributed by atoms with Crippen LogP contribution in [-0.4, -0.2) is 43.3 Å². The van der Waals surface area contributed by atoms with Gasteiger partial charge in [0.25, 0.3) is 0 Å². The molecular weight excluding hydrogens is 369 g/mol. The Morgan fingerprint density at radius 3 is 2.78 bits per heavy atom. The van der Waals surface area contributed by atoms with E-state index in [4.69, 9.17) is 4.74 Å². The van der Waals surface area contributed by atoms with Gasteiger partial charge in [0, 0.05) is 12.5 Å². The first-order chi connectivity index (χ1) is 12.7. The number of benzene rings is 1. The summed E-state index contributed by atoms with van der Waals surface area (Å²) in [7, 11) is -3.43. The third-order valence-electron chi connectivity index (χ3n) is 4.46. The fourth-order valence-corrected chi connectivity index (χ4v) is 3.87. The first kappa shape index (κ1) is 21.3. The Hall–Kier alpha value is -1.96. The van der Waals surface area contributed by atoms with Crippen molar-refractivity contribution in [3.63, 3.8) is 0 Å². The molecule has 148 valence electrons. The maximum absolute atomic E-state index is 14.1. The molecule has 1 aliphatic heterocycles. The van der Waals surface area contributed by atoms with E-state index in [0.717, 1.165) is 11.8 Å². The van der Waals surface area contributed by atoms with Crippen LogP contribution in [-0.2, 0) is 16.6 Å². The van der Waals surface area contributed by atoms with Crippen LogP contribution in [0, 0.1) is 11.7 Å². The average molecular weight is 395 g/mol. The van der Waals surface area contributed by atoms with Crippen molar-refractivity contribution in [3.8, 4) is 5.75 Å².